The lowest BCUT2D eigenvalue weighted by Gasteiger charge is -2.17. The Hall–Kier alpha value is -1.29. The van der Waals surface area contributed by atoms with Crippen LogP contribution in [-0.2, 0) is 0 Å². The van der Waals surface area contributed by atoms with Gasteiger partial charge >= 0.3 is 0 Å². The maximum absolute atomic E-state index is 11.8. The van der Waals surface area contributed by atoms with E-state index in [4.69, 9.17) is 0 Å². The zero-order chi connectivity index (χ0) is 10.6. The first-order valence-electron chi connectivity index (χ1n) is 4.82. The quantitative estimate of drug-likeness (QED) is 0.712. The molecule has 78 valence electrons. The highest BCUT2D eigenvalue weighted by Crippen LogP contribution is 2.06. The second-order valence-electron chi connectivity index (χ2n) is 3.31. The van der Waals surface area contributed by atoms with Crippen LogP contribution in [0.2, 0.25) is 0 Å². The van der Waals surface area contributed by atoms with Crippen molar-refractivity contribution in [2.24, 2.45) is 0 Å². The van der Waals surface area contributed by atoms with Gasteiger partial charge in [-0.25, -0.2) is 5.43 Å². The number of nitrogens with one attached hydrogen (secondary N) is 2. The third-order valence-electron chi connectivity index (χ3n) is 2.07. The van der Waals surface area contributed by atoms with Crippen molar-refractivity contribution >= 4 is 5.91 Å². The third kappa shape index (κ3) is 2.35. The Balaban J connectivity index is 2.61. The van der Waals surface area contributed by atoms with E-state index in [9.17, 15) is 4.79 Å². The highest BCUT2D eigenvalue weighted by molar-refractivity contribution is 5.93. The van der Waals surface area contributed by atoms with Crippen LogP contribution in [0.15, 0.2) is 12.3 Å². The van der Waals surface area contributed by atoms with Gasteiger partial charge in [-0.3, -0.25) is 9.80 Å². The standard InChI is InChI=1S/C10H17N3O/c1-4-6-12-13(3)10(14)9-8(2)5-7-11-9/h5,7,11-12H,4,6H2,1-3H3. The molecule has 0 aliphatic heterocycles. The van der Waals surface area contributed by atoms with E-state index >= 15 is 0 Å². The molecule has 0 aromatic carbocycles. The van der Waals surface area contributed by atoms with Gasteiger partial charge < -0.3 is 4.98 Å². The van der Waals surface area contributed by atoms with E-state index < -0.39 is 0 Å². The summed E-state index contributed by atoms with van der Waals surface area (Å²) in [7, 11) is 1.73. The van der Waals surface area contributed by atoms with Crippen molar-refractivity contribution in [3.63, 3.8) is 0 Å². The average Bonchev–Trinajstić information content (AvgIpc) is 2.59. The van der Waals surface area contributed by atoms with E-state index in [1.807, 2.05) is 13.0 Å². The topological polar surface area (TPSA) is 48.1 Å². The molecule has 0 aliphatic rings. The lowest BCUT2D eigenvalue weighted by molar-refractivity contribution is 0.0711. The fourth-order valence-electron chi connectivity index (χ4n) is 1.20. The molecule has 1 heterocycles. The number of hydrogen-bond acceptors (Lipinski definition) is 2. The molecule has 0 saturated heterocycles. The van der Waals surface area contributed by atoms with Crippen molar-refractivity contribution < 1.29 is 4.79 Å². The molecule has 4 nitrogen and oxygen atoms in total. The van der Waals surface area contributed by atoms with E-state index in [0.29, 0.717) is 5.69 Å². The van der Waals surface area contributed by atoms with Crippen molar-refractivity contribution in [1.82, 2.24) is 15.4 Å². The third-order valence-corrected chi connectivity index (χ3v) is 2.07. The summed E-state index contributed by atoms with van der Waals surface area (Å²) in [6.07, 6.45) is 2.78. The molecule has 4 heteroatoms. The minimum atomic E-state index is -0.0269. The Bertz CT molecular complexity index is 306. The summed E-state index contributed by atoms with van der Waals surface area (Å²) in [5.74, 6) is -0.0269. The highest BCUT2D eigenvalue weighted by Gasteiger charge is 2.13. The lowest BCUT2D eigenvalue weighted by Crippen LogP contribution is -2.40. The molecule has 0 unspecified atom stereocenters. The van der Waals surface area contributed by atoms with Gasteiger partial charge in [0.25, 0.3) is 5.91 Å². The van der Waals surface area contributed by atoms with Gasteiger partial charge in [0, 0.05) is 19.8 Å². The SMILES string of the molecule is CCCNN(C)C(=O)c1[nH]ccc1C. The Morgan fingerprint density at radius 3 is 2.86 bits per heavy atom. The number of nitrogens with zero attached hydrogens (tertiary/aromatic N) is 1. The van der Waals surface area contributed by atoms with Crippen molar-refractivity contribution in [1.29, 1.82) is 0 Å². The zero-order valence-corrected chi connectivity index (χ0v) is 8.92. The largest absolute Gasteiger partial charge is 0.357 e. The molecule has 14 heavy (non-hydrogen) atoms. The molecule has 0 spiro atoms. The first-order valence-corrected chi connectivity index (χ1v) is 4.82. The van der Waals surface area contributed by atoms with Crippen LogP contribution >= 0.6 is 0 Å². The highest BCUT2D eigenvalue weighted by atomic mass is 16.2. The summed E-state index contributed by atoms with van der Waals surface area (Å²) in [5, 5.41) is 1.52. The molecular formula is C10H17N3O. The van der Waals surface area contributed by atoms with Crippen molar-refractivity contribution in [3.8, 4) is 0 Å². The Kier molecular flexibility index (Phi) is 3.71. The summed E-state index contributed by atoms with van der Waals surface area (Å²) in [6, 6.07) is 1.89. The van der Waals surface area contributed by atoms with Crippen LogP contribution in [0, 0.1) is 6.92 Å². The molecule has 0 saturated carbocycles. The van der Waals surface area contributed by atoms with Gasteiger partial charge in [0.2, 0.25) is 0 Å². The second kappa shape index (κ2) is 4.81. The molecule has 1 aromatic heterocycles. The van der Waals surface area contributed by atoms with Crippen LogP contribution in [0.5, 0.6) is 0 Å². The van der Waals surface area contributed by atoms with E-state index in [2.05, 4.69) is 17.3 Å². The molecular weight excluding hydrogens is 178 g/mol. The molecule has 2 N–H and O–H groups in total. The first-order chi connectivity index (χ1) is 6.66. The van der Waals surface area contributed by atoms with Gasteiger partial charge in [-0.05, 0) is 25.0 Å². The number of aryl methyl sites for hydroxylation is 1. The molecule has 0 radical (unpaired) electrons. The van der Waals surface area contributed by atoms with Crippen molar-refractivity contribution in [2.75, 3.05) is 13.6 Å². The number of rotatable bonds is 4. The summed E-state index contributed by atoms with van der Waals surface area (Å²) in [4.78, 5) is 14.7. The van der Waals surface area contributed by atoms with Gasteiger partial charge in [0.15, 0.2) is 0 Å². The minimum Gasteiger partial charge on any atom is -0.357 e. The number of amides is 1. The van der Waals surface area contributed by atoms with E-state index in [1.54, 1.807) is 13.2 Å². The van der Waals surface area contributed by atoms with Gasteiger partial charge in [0.05, 0.1) is 0 Å². The molecule has 1 aromatic rings. The van der Waals surface area contributed by atoms with Crippen molar-refractivity contribution in [2.45, 2.75) is 20.3 Å². The number of hydrazine groups is 1. The van der Waals surface area contributed by atoms with Gasteiger partial charge in [-0.2, -0.15) is 0 Å². The van der Waals surface area contributed by atoms with E-state index in [1.165, 1.54) is 5.01 Å². The van der Waals surface area contributed by atoms with E-state index in [0.717, 1.165) is 18.5 Å². The minimum absolute atomic E-state index is 0.0269. The maximum Gasteiger partial charge on any atom is 0.284 e. The van der Waals surface area contributed by atoms with Crippen LogP contribution in [-0.4, -0.2) is 29.5 Å². The van der Waals surface area contributed by atoms with Crippen LogP contribution in [0.4, 0.5) is 0 Å². The number of hydrogen-bond donors (Lipinski definition) is 2. The van der Waals surface area contributed by atoms with Crippen LogP contribution < -0.4 is 5.43 Å². The molecule has 0 atom stereocenters. The fraction of sp³-hybridized carbons (Fsp3) is 0.500. The fourth-order valence-corrected chi connectivity index (χ4v) is 1.20. The Morgan fingerprint density at radius 1 is 1.64 bits per heavy atom. The number of aromatic amines is 1. The summed E-state index contributed by atoms with van der Waals surface area (Å²) in [6.45, 7) is 4.78. The molecule has 1 rings (SSSR count). The molecule has 0 bridgehead atoms. The summed E-state index contributed by atoms with van der Waals surface area (Å²) in [5.41, 5.74) is 4.63. The zero-order valence-electron chi connectivity index (χ0n) is 8.92. The Morgan fingerprint density at radius 2 is 2.36 bits per heavy atom. The van der Waals surface area contributed by atoms with Gasteiger partial charge in [0.1, 0.15) is 5.69 Å². The number of H-pyrrole nitrogens is 1. The van der Waals surface area contributed by atoms with Gasteiger partial charge in [-0.15, -0.1) is 0 Å². The van der Waals surface area contributed by atoms with Crippen LogP contribution in [0.3, 0.4) is 0 Å². The van der Waals surface area contributed by atoms with Gasteiger partial charge in [-0.1, -0.05) is 6.92 Å². The predicted molar refractivity (Wildman–Crippen MR) is 55.9 cm³/mol. The van der Waals surface area contributed by atoms with Crippen LogP contribution in [0.1, 0.15) is 29.4 Å². The second-order valence-corrected chi connectivity index (χ2v) is 3.31. The average molecular weight is 195 g/mol. The monoisotopic (exact) mass is 195 g/mol. The summed E-state index contributed by atoms with van der Waals surface area (Å²) < 4.78 is 0. The molecule has 0 aliphatic carbocycles. The first kappa shape index (κ1) is 10.8. The summed E-state index contributed by atoms with van der Waals surface area (Å²) >= 11 is 0. The smallest absolute Gasteiger partial charge is 0.284 e. The number of aromatic nitrogens is 1. The van der Waals surface area contributed by atoms with Crippen molar-refractivity contribution in [3.05, 3.63) is 23.5 Å². The molecule has 1 amide bonds. The maximum atomic E-state index is 11.8. The number of carbonyl (C=O) groups excluding carboxylic acids is 1. The van der Waals surface area contributed by atoms with Crippen LogP contribution in [0.25, 0.3) is 0 Å². The number of carbonyl (C=O) groups is 1. The predicted octanol–water partition coefficient (Wildman–Crippen LogP) is 1.31. The lowest BCUT2D eigenvalue weighted by atomic mass is 10.2. The molecule has 0 fully saturated rings. The van der Waals surface area contributed by atoms with E-state index in [-0.39, 0.29) is 5.91 Å². The Labute approximate surface area is 84.3 Å². The normalized spacial score (nSPS) is 10.2.